The predicted molar refractivity (Wildman–Crippen MR) is 144 cm³/mol. The molecule has 0 fully saturated rings. The molecule has 0 saturated heterocycles. The van der Waals surface area contributed by atoms with Gasteiger partial charge in [-0.25, -0.2) is 24.4 Å². The molecule has 0 aromatic carbocycles. The van der Waals surface area contributed by atoms with Crippen molar-refractivity contribution >= 4 is 23.7 Å². The maximum Gasteiger partial charge on any atom is 0.490 e. The van der Waals surface area contributed by atoms with Crippen molar-refractivity contribution in [2.75, 3.05) is 25.5 Å². The highest BCUT2D eigenvalue weighted by Crippen LogP contribution is 2.22. The Labute approximate surface area is 264 Å². The third-order valence-corrected chi connectivity index (χ3v) is 5.54. The number of aromatic nitrogens is 4. The highest BCUT2D eigenvalue weighted by molar-refractivity contribution is 5.73. The first-order chi connectivity index (χ1) is 22.1. The summed E-state index contributed by atoms with van der Waals surface area (Å²) in [5, 5.41) is 29.3. The zero-order chi connectivity index (χ0) is 36.7. The number of fused-ring (bicyclic) bond motifs is 1. The topological polar surface area (TPSA) is 180 Å². The lowest BCUT2D eigenvalue weighted by Crippen LogP contribution is -2.31. The predicted octanol–water partition coefficient (Wildman–Crippen LogP) is 4.33. The van der Waals surface area contributed by atoms with E-state index in [1.165, 1.54) is 5.69 Å². The molecule has 3 aromatic heterocycles. The molecule has 1 unspecified atom stereocenters. The number of ether oxygens (including phenoxy) is 1. The molecule has 4 heterocycles. The third kappa shape index (κ3) is 15.4. The number of pyridine rings is 2. The summed E-state index contributed by atoms with van der Waals surface area (Å²) in [6.45, 7) is 4.35. The summed E-state index contributed by atoms with van der Waals surface area (Å²) in [6, 6.07) is 12.1. The monoisotopic (exact) mass is 706 g/mol. The van der Waals surface area contributed by atoms with Crippen LogP contribution in [-0.4, -0.2) is 96.6 Å². The number of nitrogens with one attached hydrogen (secondary N) is 1. The fraction of sp³-hybridized carbons (Fsp3) is 0.385. The van der Waals surface area contributed by atoms with E-state index in [4.69, 9.17) is 34.4 Å². The molecule has 0 spiro atoms. The van der Waals surface area contributed by atoms with Crippen LogP contribution in [0.2, 0.25) is 0 Å². The lowest BCUT2D eigenvalue weighted by molar-refractivity contribution is -0.193. The number of hydrogen-bond acceptors (Lipinski definition) is 9. The number of methoxy groups -OCH3 is 1. The van der Waals surface area contributed by atoms with Crippen LogP contribution >= 0.6 is 0 Å². The largest absolute Gasteiger partial charge is 0.490 e. The van der Waals surface area contributed by atoms with Gasteiger partial charge in [-0.05, 0) is 24.3 Å². The molecule has 48 heavy (non-hydrogen) atoms. The molecular weight excluding hydrogens is 679 g/mol. The van der Waals surface area contributed by atoms with E-state index in [1.807, 2.05) is 36.7 Å². The lowest BCUT2D eigenvalue weighted by atomic mass is 10.1. The van der Waals surface area contributed by atoms with Gasteiger partial charge in [0.2, 0.25) is 5.88 Å². The molecule has 13 nitrogen and oxygen atoms in total. The molecule has 0 bridgehead atoms. The van der Waals surface area contributed by atoms with Crippen molar-refractivity contribution in [3.63, 3.8) is 0 Å². The molecule has 1 aliphatic rings. The molecule has 3 aromatic rings. The summed E-state index contributed by atoms with van der Waals surface area (Å²) >= 11 is 0. The highest BCUT2D eigenvalue weighted by atomic mass is 19.4. The van der Waals surface area contributed by atoms with Gasteiger partial charge in [0, 0.05) is 62.8 Å². The Morgan fingerprint density at radius 2 is 1.35 bits per heavy atom. The van der Waals surface area contributed by atoms with Crippen LogP contribution in [0.4, 0.5) is 45.3 Å². The molecule has 22 heteroatoms. The molecule has 1 aliphatic heterocycles. The number of anilines is 1. The van der Waals surface area contributed by atoms with Crippen molar-refractivity contribution in [2.45, 2.75) is 38.2 Å². The van der Waals surface area contributed by atoms with Crippen LogP contribution in [0.15, 0.2) is 55.0 Å². The van der Waals surface area contributed by atoms with Crippen LogP contribution in [0, 0.1) is 5.92 Å². The van der Waals surface area contributed by atoms with Gasteiger partial charge in [-0.2, -0.15) is 44.6 Å². The van der Waals surface area contributed by atoms with E-state index in [2.05, 4.69) is 42.1 Å². The lowest BCUT2D eigenvalue weighted by Gasteiger charge is -2.24. The van der Waals surface area contributed by atoms with E-state index < -0.39 is 36.4 Å². The van der Waals surface area contributed by atoms with Crippen molar-refractivity contribution in [3.8, 4) is 5.88 Å². The minimum atomic E-state index is -5.08. The molecule has 0 radical (unpaired) electrons. The van der Waals surface area contributed by atoms with Crippen molar-refractivity contribution < 1.29 is 74.0 Å². The minimum Gasteiger partial charge on any atom is -0.481 e. The summed E-state index contributed by atoms with van der Waals surface area (Å²) in [7, 11) is 1.67. The summed E-state index contributed by atoms with van der Waals surface area (Å²) in [5.41, 5.74) is 2.34. The zero-order valence-electron chi connectivity index (χ0n) is 24.4. The van der Waals surface area contributed by atoms with Crippen molar-refractivity contribution in [1.29, 1.82) is 0 Å². The Morgan fingerprint density at radius 3 is 1.83 bits per heavy atom. The van der Waals surface area contributed by atoms with Gasteiger partial charge in [0.25, 0.3) is 0 Å². The maximum atomic E-state index is 10.6. The highest BCUT2D eigenvalue weighted by Gasteiger charge is 2.39. The van der Waals surface area contributed by atoms with Gasteiger partial charge in [-0.15, -0.1) is 0 Å². The number of carboxylic acids is 3. The van der Waals surface area contributed by atoms with Gasteiger partial charge in [0.15, 0.2) is 0 Å². The minimum absolute atomic E-state index is 0.413. The average Bonchev–Trinajstić information content (AvgIpc) is 3.35. The van der Waals surface area contributed by atoms with E-state index in [-0.39, 0.29) is 0 Å². The van der Waals surface area contributed by atoms with Gasteiger partial charge in [-0.1, -0.05) is 12.1 Å². The number of halogens is 9. The number of aliphatic carboxylic acids is 3. The Kier molecular flexibility index (Phi) is 15.5. The Bertz CT molecular complexity index is 1400. The number of rotatable bonds is 6. The van der Waals surface area contributed by atoms with E-state index in [0.29, 0.717) is 11.8 Å². The molecule has 266 valence electrons. The number of carbonyl (C=O) groups is 3. The molecular formula is C26H27F9N6O7. The van der Waals surface area contributed by atoms with Gasteiger partial charge < -0.3 is 25.4 Å². The van der Waals surface area contributed by atoms with E-state index in [0.717, 1.165) is 44.1 Å². The summed E-state index contributed by atoms with van der Waals surface area (Å²) in [4.78, 5) is 37.8. The molecule has 4 rings (SSSR count). The van der Waals surface area contributed by atoms with Crippen LogP contribution in [0.5, 0.6) is 5.88 Å². The fourth-order valence-electron chi connectivity index (χ4n) is 3.55. The molecule has 0 aliphatic carbocycles. The van der Waals surface area contributed by atoms with Crippen LogP contribution < -0.4 is 10.1 Å². The second-order valence-corrected chi connectivity index (χ2v) is 9.22. The summed E-state index contributed by atoms with van der Waals surface area (Å²) < 4.78 is 103. The van der Waals surface area contributed by atoms with Gasteiger partial charge >= 0.3 is 36.4 Å². The summed E-state index contributed by atoms with van der Waals surface area (Å²) in [5.74, 6) is -6.26. The van der Waals surface area contributed by atoms with E-state index in [9.17, 15) is 39.5 Å². The van der Waals surface area contributed by atoms with E-state index >= 15 is 0 Å². The van der Waals surface area contributed by atoms with Gasteiger partial charge in [-0.3, -0.25) is 9.58 Å². The Hall–Kier alpha value is -5.15. The normalized spacial score (nSPS) is 14.6. The van der Waals surface area contributed by atoms with Crippen molar-refractivity contribution in [3.05, 3.63) is 66.2 Å². The quantitative estimate of drug-likeness (QED) is 0.267. The number of alkyl halides is 9. The second kappa shape index (κ2) is 18.3. The van der Waals surface area contributed by atoms with Crippen molar-refractivity contribution in [2.24, 2.45) is 5.92 Å². The molecule has 0 amide bonds. The number of hydrogen-bond donors (Lipinski definition) is 4. The van der Waals surface area contributed by atoms with Crippen LogP contribution in [0.25, 0.3) is 0 Å². The fourth-order valence-corrected chi connectivity index (χ4v) is 3.55. The number of nitrogens with zero attached hydrogens (tertiary/aromatic N) is 5. The van der Waals surface area contributed by atoms with Gasteiger partial charge in [0.1, 0.15) is 5.82 Å². The van der Waals surface area contributed by atoms with E-state index in [1.54, 1.807) is 13.3 Å². The average molecular weight is 707 g/mol. The number of carboxylic acid groups (broad SMARTS) is 3. The molecule has 0 saturated carbocycles. The van der Waals surface area contributed by atoms with Crippen LogP contribution in [-0.2, 0) is 34.0 Å². The summed E-state index contributed by atoms with van der Waals surface area (Å²) in [6.07, 6.45) is -9.80. The standard InChI is InChI=1S/C20H24N6O.3C2HF3O2/c1-27-20-17(5-4-9-22-20)14-25-12-16(11-23-19-6-2-3-8-21-19)13-26-18(15-25)7-10-24-26;3*3-2(4,5)1(6)7/h2-10,16H,11-15H2,1H3,(H,21,23);3*(H,6,7). The Morgan fingerprint density at radius 1 is 0.812 bits per heavy atom. The Balaban J connectivity index is 0.000000448. The van der Waals surface area contributed by atoms with Crippen molar-refractivity contribution in [1.82, 2.24) is 24.6 Å². The second-order valence-electron chi connectivity index (χ2n) is 9.22. The molecule has 1 atom stereocenters. The smallest absolute Gasteiger partial charge is 0.481 e. The third-order valence-electron chi connectivity index (χ3n) is 5.54. The first-order valence-electron chi connectivity index (χ1n) is 12.9. The molecule has 4 N–H and O–H groups in total. The maximum absolute atomic E-state index is 10.6. The first-order valence-corrected chi connectivity index (χ1v) is 12.9. The van der Waals surface area contributed by atoms with Crippen LogP contribution in [0.3, 0.4) is 0 Å². The zero-order valence-corrected chi connectivity index (χ0v) is 24.4. The van der Waals surface area contributed by atoms with Crippen LogP contribution in [0.1, 0.15) is 11.3 Å². The SMILES string of the molecule is COc1ncccc1CN1Cc2ccnn2CC(CNc2ccccn2)C1.O=C(O)C(F)(F)F.O=C(O)C(F)(F)F.O=C(O)C(F)(F)F. The van der Waals surface area contributed by atoms with Gasteiger partial charge in [0.05, 0.1) is 12.8 Å². The first kappa shape index (κ1) is 40.9.